The van der Waals surface area contributed by atoms with Gasteiger partial charge in [0.15, 0.2) is 0 Å². The molecule has 5 nitrogen and oxygen atoms in total. The summed E-state index contributed by atoms with van der Waals surface area (Å²) in [5, 5.41) is 3.04. The van der Waals surface area contributed by atoms with Crippen LogP contribution >= 0.6 is 0 Å². The van der Waals surface area contributed by atoms with Gasteiger partial charge in [0.05, 0.1) is 12.0 Å². The molecule has 2 amide bonds. The first-order chi connectivity index (χ1) is 11.0. The van der Waals surface area contributed by atoms with Gasteiger partial charge in [0.1, 0.15) is 0 Å². The summed E-state index contributed by atoms with van der Waals surface area (Å²) in [4.78, 5) is 28.5. The smallest absolute Gasteiger partial charge is 0.225 e. The maximum atomic E-state index is 12.6. The first-order valence-corrected chi connectivity index (χ1v) is 8.23. The summed E-state index contributed by atoms with van der Waals surface area (Å²) in [5.74, 6) is -0.0214. The molecule has 1 aromatic rings. The number of carbonyl (C=O) groups excluding carboxylic acids is 2. The molecule has 2 rings (SSSR count). The minimum atomic E-state index is -0.181. The van der Waals surface area contributed by atoms with Crippen molar-refractivity contribution in [1.29, 1.82) is 0 Å². The maximum Gasteiger partial charge on any atom is 0.225 e. The van der Waals surface area contributed by atoms with Gasteiger partial charge in [0, 0.05) is 20.0 Å². The van der Waals surface area contributed by atoms with E-state index in [2.05, 4.69) is 10.2 Å². The van der Waals surface area contributed by atoms with Crippen LogP contribution in [0.3, 0.4) is 0 Å². The molecule has 1 aliphatic heterocycles. The predicted octanol–water partition coefficient (Wildman–Crippen LogP) is 1.66. The van der Waals surface area contributed by atoms with Crippen LogP contribution in [-0.4, -0.2) is 55.8 Å². The summed E-state index contributed by atoms with van der Waals surface area (Å²) in [5.41, 5.74) is 1.02. The molecule has 0 unspecified atom stereocenters. The Morgan fingerprint density at radius 1 is 1.30 bits per heavy atom. The number of benzene rings is 1. The van der Waals surface area contributed by atoms with E-state index < -0.39 is 0 Å². The van der Waals surface area contributed by atoms with E-state index in [0.717, 1.165) is 18.5 Å². The zero-order chi connectivity index (χ0) is 16.8. The van der Waals surface area contributed by atoms with Crippen molar-refractivity contribution in [3.63, 3.8) is 0 Å². The van der Waals surface area contributed by atoms with Crippen LogP contribution in [0.2, 0.25) is 0 Å². The van der Waals surface area contributed by atoms with Crippen molar-refractivity contribution < 1.29 is 9.59 Å². The van der Waals surface area contributed by atoms with Crippen molar-refractivity contribution in [3.8, 4) is 0 Å². The quantitative estimate of drug-likeness (QED) is 0.812. The van der Waals surface area contributed by atoms with E-state index in [-0.39, 0.29) is 23.8 Å². The number of likely N-dealkylation sites (tertiary alicyclic amines) is 1. The van der Waals surface area contributed by atoms with E-state index >= 15 is 0 Å². The van der Waals surface area contributed by atoms with Gasteiger partial charge >= 0.3 is 0 Å². The van der Waals surface area contributed by atoms with Crippen LogP contribution in [0.15, 0.2) is 30.3 Å². The molecular weight excluding hydrogens is 290 g/mol. The summed E-state index contributed by atoms with van der Waals surface area (Å²) in [6.45, 7) is 1.62. The fourth-order valence-corrected chi connectivity index (χ4v) is 3.16. The average molecular weight is 317 g/mol. The largest absolute Gasteiger partial charge is 0.356 e. The minimum Gasteiger partial charge on any atom is -0.356 e. The van der Waals surface area contributed by atoms with E-state index in [1.165, 1.54) is 0 Å². The molecule has 0 aliphatic carbocycles. The van der Waals surface area contributed by atoms with Gasteiger partial charge in [-0.1, -0.05) is 30.3 Å². The molecule has 0 saturated carbocycles. The monoisotopic (exact) mass is 317 g/mol. The van der Waals surface area contributed by atoms with Crippen molar-refractivity contribution in [2.24, 2.45) is 5.92 Å². The average Bonchev–Trinajstić information content (AvgIpc) is 2.54. The molecule has 126 valence electrons. The lowest BCUT2D eigenvalue weighted by Gasteiger charge is -2.38. The SMILES string of the molecule is CN(C)CCCNC(=O)[C@@H]1CCC(=O)N(C)[C@H]1c1ccccc1. The van der Waals surface area contributed by atoms with Crippen molar-refractivity contribution in [2.75, 3.05) is 34.2 Å². The van der Waals surface area contributed by atoms with Crippen molar-refractivity contribution in [3.05, 3.63) is 35.9 Å². The molecule has 0 spiro atoms. The Kier molecular flexibility index (Phi) is 6.16. The molecule has 1 heterocycles. The second kappa shape index (κ2) is 8.11. The summed E-state index contributed by atoms with van der Waals surface area (Å²) in [7, 11) is 5.84. The van der Waals surface area contributed by atoms with Crippen LogP contribution in [0.4, 0.5) is 0 Å². The molecule has 1 fully saturated rings. The molecule has 1 aliphatic rings. The lowest BCUT2D eigenvalue weighted by molar-refractivity contribution is -0.141. The molecule has 1 N–H and O–H groups in total. The van der Waals surface area contributed by atoms with Gasteiger partial charge in [-0.3, -0.25) is 9.59 Å². The molecule has 1 saturated heterocycles. The van der Waals surface area contributed by atoms with Crippen LogP contribution in [0.5, 0.6) is 0 Å². The lowest BCUT2D eigenvalue weighted by Crippen LogP contribution is -2.46. The normalized spacial score (nSPS) is 21.6. The fraction of sp³-hybridized carbons (Fsp3) is 0.556. The Morgan fingerprint density at radius 3 is 2.65 bits per heavy atom. The summed E-state index contributed by atoms with van der Waals surface area (Å²) in [6.07, 6.45) is 1.98. The van der Waals surface area contributed by atoms with Crippen molar-refractivity contribution in [1.82, 2.24) is 15.1 Å². The topological polar surface area (TPSA) is 52.7 Å². The van der Waals surface area contributed by atoms with Crippen molar-refractivity contribution >= 4 is 11.8 Å². The zero-order valence-electron chi connectivity index (χ0n) is 14.3. The molecule has 0 aromatic heterocycles. The predicted molar refractivity (Wildman–Crippen MR) is 90.9 cm³/mol. The first-order valence-electron chi connectivity index (χ1n) is 8.23. The van der Waals surface area contributed by atoms with Gasteiger partial charge in [0.25, 0.3) is 0 Å². The van der Waals surface area contributed by atoms with Crippen LogP contribution in [0.1, 0.15) is 30.9 Å². The van der Waals surface area contributed by atoms with Crippen LogP contribution in [-0.2, 0) is 9.59 Å². The van der Waals surface area contributed by atoms with Gasteiger partial charge in [-0.05, 0) is 39.0 Å². The third-order valence-electron chi connectivity index (χ3n) is 4.42. The highest BCUT2D eigenvalue weighted by molar-refractivity contribution is 5.84. The lowest BCUT2D eigenvalue weighted by atomic mass is 9.84. The number of rotatable bonds is 6. The second-order valence-corrected chi connectivity index (χ2v) is 6.45. The minimum absolute atomic E-state index is 0.0527. The highest BCUT2D eigenvalue weighted by atomic mass is 16.2. The first kappa shape index (κ1) is 17.5. The summed E-state index contributed by atoms with van der Waals surface area (Å²) in [6, 6.07) is 9.66. The standard InChI is InChI=1S/C18H27N3O2/c1-20(2)13-7-12-19-18(23)15-10-11-16(22)21(3)17(15)14-8-5-4-6-9-14/h4-6,8-9,15,17H,7,10-13H2,1-3H3,(H,19,23)/t15-,17+/m1/s1. The Labute approximate surface area is 138 Å². The van der Waals surface area contributed by atoms with Crippen LogP contribution in [0, 0.1) is 5.92 Å². The molecule has 5 heteroatoms. The van der Waals surface area contributed by atoms with Gasteiger partial charge in [-0.15, -0.1) is 0 Å². The summed E-state index contributed by atoms with van der Waals surface area (Å²) < 4.78 is 0. The van der Waals surface area contributed by atoms with Gasteiger partial charge in [-0.25, -0.2) is 0 Å². The maximum absolute atomic E-state index is 12.6. The molecule has 23 heavy (non-hydrogen) atoms. The number of amides is 2. The Hall–Kier alpha value is -1.88. The van der Waals surface area contributed by atoms with Gasteiger partial charge in [-0.2, -0.15) is 0 Å². The van der Waals surface area contributed by atoms with Gasteiger partial charge in [0.2, 0.25) is 11.8 Å². The number of piperidine rings is 1. The number of nitrogens with zero attached hydrogens (tertiary/aromatic N) is 2. The van der Waals surface area contributed by atoms with Crippen LogP contribution in [0.25, 0.3) is 0 Å². The highest BCUT2D eigenvalue weighted by Crippen LogP contribution is 2.35. The van der Waals surface area contributed by atoms with Crippen molar-refractivity contribution in [2.45, 2.75) is 25.3 Å². The molecule has 0 bridgehead atoms. The molecule has 2 atom stereocenters. The third kappa shape index (κ3) is 4.55. The number of carbonyl (C=O) groups is 2. The van der Waals surface area contributed by atoms with Gasteiger partial charge < -0.3 is 15.1 Å². The number of nitrogens with one attached hydrogen (secondary N) is 1. The second-order valence-electron chi connectivity index (χ2n) is 6.45. The van der Waals surface area contributed by atoms with E-state index in [1.54, 1.807) is 11.9 Å². The molecule has 1 aromatic carbocycles. The molecular formula is C18H27N3O2. The van der Waals surface area contributed by atoms with E-state index in [1.807, 2.05) is 44.4 Å². The Morgan fingerprint density at radius 2 is 2.00 bits per heavy atom. The molecule has 0 radical (unpaired) electrons. The Balaban J connectivity index is 2.05. The van der Waals surface area contributed by atoms with E-state index in [0.29, 0.717) is 19.4 Å². The Bertz CT molecular complexity index is 530. The summed E-state index contributed by atoms with van der Waals surface area (Å²) >= 11 is 0. The van der Waals surface area contributed by atoms with E-state index in [4.69, 9.17) is 0 Å². The number of hydrogen-bond donors (Lipinski definition) is 1. The zero-order valence-corrected chi connectivity index (χ0v) is 14.3. The number of hydrogen-bond acceptors (Lipinski definition) is 3. The van der Waals surface area contributed by atoms with Crippen LogP contribution < -0.4 is 5.32 Å². The highest BCUT2D eigenvalue weighted by Gasteiger charge is 2.38. The fourth-order valence-electron chi connectivity index (χ4n) is 3.16. The van der Waals surface area contributed by atoms with E-state index in [9.17, 15) is 9.59 Å². The third-order valence-corrected chi connectivity index (χ3v) is 4.42.